The van der Waals surface area contributed by atoms with Crippen LogP contribution in [-0.4, -0.2) is 97.2 Å². The standard InChI is InChI=1S/C33H74N6O/c1-28(2,3)34-17-18-37-32(13,14)25-27(33(15,16)38-21-24-40-31(10,11)12)26-39(22-19-35-29(4,5)6)23-20-36-30(7,8)9/h27,34-38H,17-26H2,1-16H3. The maximum Gasteiger partial charge on any atom is 0.0599 e. The molecule has 0 aromatic rings. The van der Waals surface area contributed by atoms with Gasteiger partial charge in [0.15, 0.2) is 0 Å². The van der Waals surface area contributed by atoms with Crippen LogP contribution in [0.4, 0.5) is 0 Å². The second-order valence-corrected chi connectivity index (χ2v) is 17.2. The minimum absolute atomic E-state index is 0.0179. The number of hydrogen-bond acceptors (Lipinski definition) is 7. The Morgan fingerprint density at radius 2 is 0.950 bits per heavy atom. The van der Waals surface area contributed by atoms with E-state index in [1.54, 1.807) is 0 Å². The van der Waals surface area contributed by atoms with Crippen LogP contribution >= 0.6 is 0 Å². The Morgan fingerprint density at radius 3 is 1.38 bits per heavy atom. The number of nitrogens with zero attached hydrogens (tertiary/aromatic N) is 1. The molecule has 0 heterocycles. The first-order valence-corrected chi connectivity index (χ1v) is 15.9. The van der Waals surface area contributed by atoms with Gasteiger partial charge in [0.25, 0.3) is 0 Å². The summed E-state index contributed by atoms with van der Waals surface area (Å²) in [4.78, 5) is 2.66. The summed E-state index contributed by atoms with van der Waals surface area (Å²) >= 11 is 0. The highest BCUT2D eigenvalue weighted by Gasteiger charge is 2.35. The molecule has 7 heteroatoms. The zero-order valence-corrected chi connectivity index (χ0v) is 30.0. The van der Waals surface area contributed by atoms with Crippen molar-refractivity contribution in [3.63, 3.8) is 0 Å². The van der Waals surface area contributed by atoms with Gasteiger partial charge >= 0.3 is 0 Å². The largest absolute Gasteiger partial charge is 0.375 e. The lowest BCUT2D eigenvalue weighted by molar-refractivity contribution is -0.00499. The molecule has 0 radical (unpaired) electrons. The van der Waals surface area contributed by atoms with Gasteiger partial charge < -0.3 is 36.2 Å². The van der Waals surface area contributed by atoms with E-state index in [9.17, 15) is 0 Å². The van der Waals surface area contributed by atoms with Crippen LogP contribution in [0.25, 0.3) is 0 Å². The Hall–Kier alpha value is -0.280. The van der Waals surface area contributed by atoms with Crippen LogP contribution in [0.15, 0.2) is 0 Å². The van der Waals surface area contributed by atoms with Crippen LogP contribution in [0.1, 0.15) is 117 Å². The average molecular weight is 571 g/mol. The van der Waals surface area contributed by atoms with E-state index >= 15 is 0 Å². The average Bonchev–Trinajstić information content (AvgIpc) is 2.70. The molecule has 0 saturated carbocycles. The summed E-state index contributed by atoms with van der Waals surface area (Å²) in [6.07, 6.45) is 1.08. The summed E-state index contributed by atoms with van der Waals surface area (Å²) in [7, 11) is 0. The summed E-state index contributed by atoms with van der Waals surface area (Å²) in [5, 5.41) is 18.8. The smallest absolute Gasteiger partial charge is 0.0599 e. The van der Waals surface area contributed by atoms with E-state index in [1.165, 1.54) is 0 Å². The van der Waals surface area contributed by atoms with Gasteiger partial charge in [-0.2, -0.15) is 0 Å². The van der Waals surface area contributed by atoms with Crippen LogP contribution in [-0.2, 0) is 4.74 Å². The van der Waals surface area contributed by atoms with Crippen molar-refractivity contribution < 1.29 is 4.74 Å². The first-order chi connectivity index (χ1) is 17.8. The molecule has 0 spiro atoms. The number of rotatable bonds is 19. The van der Waals surface area contributed by atoms with Crippen molar-refractivity contribution >= 4 is 0 Å². The summed E-state index contributed by atoms with van der Waals surface area (Å²) in [5.74, 6) is 0.449. The first kappa shape index (κ1) is 39.7. The summed E-state index contributed by atoms with van der Waals surface area (Å²) in [6, 6.07) is 0. The number of nitrogens with one attached hydrogen (secondary N) is 5. The molecule has 0 aromatic heterocycles. The molecule has 7 nitrogen and oxygen atoms in total. The second kappa shape index (κ2) is 16.5. The lowest BCUT2D eigenvalue weighted by Gasteiger charge is -2.43. The molecule has 0 aromatic carbocycles. The molecular formula is C33H74N6O. The van der Waals surface area contributed by atoms with E-state index in [-0.39, 0.29) is 33.3 Å². The molecule has 5 N–H and O–H groups in total. The van der Waals surface area contributed by atoms with E-state index in [0.717, 1.165) is 58.8 Å². The molecule has 0 aliphatic heterocycles. The van der Waals surface area contributed by atoms with Gasteiger partial charge in [-0.1, -0.05) is 0 Å². The molecule has 242 valence electrons. The van der Waals surface area contributed by atoms with Crippen molar-refractivity contribution in [2.24, 2.45) is 5.92 Å². The quantitative estimate of drug-likeness (QED) is 0.140. The minimum Gasteiger partial charge on any atom is -0.375 e. The van der Waals surface area contributed by atoms with E-state index in [0.29, 0.717) is 12.5 Å². The molecule has 0 aliphatic rings. The molecule has 1 unspecified atom stereocenters. The highest BCUT2D eigenvalue weighted by molar-refractivity contribution is 4.94. The van der Waals surface area contributed by atoms with Gasteiger partial charge in [0.05, 0.1) is 12.2 Å². The lowest BCUT2D eigenvalue weighted by atomic mass is 9.78. The lowest BCUT2D eigenvalue weighted by Crippen LogP contribution is -2.56. The van der Waals surface area contributed by atoms with Gasteiger partial charge in [-0.05, 0) is 123 Å². The Labute approximate surface area is 251 Å². The predicted molar refractivity (Wildman–Crippen MR) is 178 cm³/mol. The van der Waals surface area contributed by atoms with Crippen molar-refractivity contribution in [3.8, 4) is 0 Å². The Balaban J connectivity index is 5.67. The third kappa shape index (κ3) is 23.3. The third-order valence-electron chi connectivity index (χ3n) is 7.02. The summed E-state index contributed by atoms with van der Waals surface area (Å²) < 4.78 is 6.04. The highest BCUT2D eigenvalue weighted by atomic mass is 16.5. The van der Waals surface area contributed by atoms with Crippen molar-refractivity contribution in [2.45, 2.75) is 150 Å². The van der Waals surface area contributed by atoms with Gasteiger partial charge in [-0.15, -0.1) is 0 Å². The third-order valence-corrected chi connectivity index (χ3v) is 7.02. The second-order valence-electron chi connectivity index (χ2n) is 17.2. The Kier molecular flexibility index (Phi) is 16.4. The summed E-state index contributed by atoms with van der Waals surface area (Å²) in [5.41, 5.74) is 0.236. The zero-order valence-electron chi connectivity index (χ0n) is 30.0. The normalized spacial score (nSPS) is 15.2. The number of hydrogen-bond donors (Lipinski definition) is 5. The van der Waals surface area contributed by atoms with Gasteiger partial charge in [-0.3, -0.25) is 0 Å². The fourth-order valence-corrected chi connectivity index (χ4v) is 4.73. The van der Waals surface area contributed by atoms with Gasteiger partial charge in [0, 0.05) is 80.1 Å². The molecule has 0 bridgehead atoms. The van der Waals surface area contributed by atoms with Crippen molar-refractivity contribution in [2.75, 3.05) is 59.0 Å². The van der Waals surface area contributed by atoms with Gasteiger partial charge in [0.1, 0.15) is 0 Å². The zero-order chi connectivity index (χ0) is 31.5. The van der Waals surface area contributed by atoms with E-state index < -0.39 is 0 Å². The van der Waals surface area contributed by atoms with E-state index in [4.69, 9.17) is 4.74 Å². The minimum atomic E-state index is -0.116. The summed E-state index contributed by atoms with van der Waals surface area (Å²) in [6.45, 7) is 44.6. The van der Waals surface area contributed by atoms with Crippen LogP contribution < -0.4 is 26.6 Å². The van der Waals surface area contributed by atoms with E-state index in [2.05, 4.69) is 142 Å². The molecule has 0 rings (SSSR count). The first-order valence-electron chi connectivity index (χ1n) is 15.9. The van der Waals surface area contributed by atoms with Gasteiger partial charge in [-0.25, -0.2) is 0 Å². The Morgan fingerprint density at radius 1 is 0.525 bits per heavy atom. The van der Waals surface area contributed by atoms with E-state index in [1.807, 2.05) is 0 Å². The van der Waals surface area contributed by atoms with Crippen molar-refractivity contribution in [1.29, 1.82) is 0 Å². The fraction of sp³-hybridized carbons (Fsp3) is 1.00. The van der Waals surface area contributed by atoms with Crippen LogP contribution in [0.2, 0.25) is 0 Å². The van der Waals surface area contributed by atoms with Gasteiger partial charge in [0.2, 0.25) is 0 Å². The van der Waals surface area contributed by atoms with Crippen LogP contribution in [0.5, 0.6) is 0 Å². The maximum atomic E-state index is 6.04. The molecule has 1 atom stereocenters. The fourth-order valence-electron chi connectivity index (χ4n) is 4.73. The monoisotopic (exact) mass is 571 g/mol. The molecule has 0 fully saturated rings. The van der Waals surface area contributed by atoms with Crippen LogP contribution in [0.3, 0.4) is 0 Å². The van der Waals surface area contributed by atoms with Crippen LogP contribution in [0, 0.1) is 5.92 Å². The molecule has 40 heavy (non-hydrogen) atoms. The topological polar surface area (TPSA) is 72.6 Å². The predicted octanol–water partition coefficient (Wildman–Crippen LogP) is 5.01. The number of ether oxygens (including phenoxy) is 1. The molecular weight excluding hydrogens is 496 g/mol. The molecule has 0 aliphatic carbocycles. The SMILES string of the molecule is CC(C)(C)NCCNC(C)(C)CC(CN(CCNC(C)(C)C)CCNC(C)(C)C)C(C)(C)NCCOC(C)(C)C. The van der Waals surface area contributed by atoms with Crippen molar-refractivity contribution in [1.82, 2.24) is 31.5 Å². The molecule has 0 amide bonds. The Bertz CT molecular complexity index is 644. The maximum absolute atomic E-state index is 6.04. The molecule has 0 saturated heterocycles. The highest BCUT2D eigenvalue weighted by Crippen LogP contribution is 2.28. The van der Waals surface area contributed by atoms with Crippen molar-refractivity contribution in [3.05, 3.63) is 0 Å².